The molecule has 21 heavy (non-hydrogen) atoms. The van der Waals surface area contributed by atoms with Gasteiger partial charge in [-0.1, -0.05) is 23.7 Å². The molecule has 0 unspecified atom stereocenters. The number of hydrogen-bond acceptors (Lipinski definition) is 4. The number of benzene rings is 1. The van der Waals surface area contributed by atoms with Gasteiger partial charge in [-0.25, -0.2) is 4.98 Å². The number of aromatic nitrogens is 2. The van der Waals surface area contributed by atoms with Crippen LogP contribution in [0.5, 0.6) is 5.75 Å². The fourth-order valence-electron chi connectivity index (χ4n) is 1.97. The van der Waals surface area contributed by atoms with E-state index in [9.17, 15) is 10.1 Å². The highest BCUT2D eigenvalue weighted by Crippen LogP contribution is 2.26. The van der Waals surface area contributed by atoms with E-state index in [0.29, 0.717) is 10.7 Å². The number of nitrogens with zero attached hydrogens (tertiary/aromatic N) is 3. The lowest BCUT2D eigenvalue weighted by Crippen LogP contribution is -1.99. The number of ether oxygens (including phenoxy) is 1. The topological polar surface area (TPSA) is 69.7 Å². The van der Waals surface area contributed by atoms with Crippen LogP contribution < -0.4 is 4.74 Å². The summed E-state index contributed by atoms with van der Waals surface area (Å²) in [6.07, 6.45) is 3.51. The van der Waals surface area contributed by atoms with Crippen molar-refractivity contribution >= 4 is 22.9 Å². The minimum Gasteiger partial charge on any atom is -0.480 e. The normalized spacial score (nSPS) is 10.7. The van der Waals surface area contributed by atoms with Crippen LogP contribution in [-0.2, 0) is 6.61 Å². The number of para-hydroxylation sites is 2. The third-order valence-electron chi connectivity index (χ3n) is 2.90. The third-order valence-corrected chi connectivity index (χ3v) is 3.13. The summed E-state index contributed by atoms with van der Waals surface area (Å²) in [5.41, 5.74) is 1.33. The van der Waals surface area contributed by atoms with Gasteiger partial charge in [-0.2, -0.15) is 0 Å². The van der Waals surface area contributed by atoms with E-state index in [2.05, 4.69) is 4.98 Å². The molecule has 0 spiro atoms. The number of nitro groups is 1. The predicted molar refractivity (Wildman–Crippen MR) is 77.6 cm³/mol. The van der Waals surface area contributed by atoms with Crippen molar-refractivity contribution in [2.45, 2.75) is 6.61 Å². The maximum Gasteiger partial charge on any atom is 0.310 e. The second kappa shape index (κ2) is 5.41. The summed E-state index contributed by atoms with van der Waals surface area (Å²) in [7, 11) is 0. The van der Waals surface area contributed by atoms with Crippen molar-refractivity contribution in [2.24, 2.45) is 0 Å². The fraction of sp³-hybridized carbons (Fsp3) is 0.0714. The summed E-state index contributed by atoms with van der Waals surface area (Å²) >= 11 is 5.90. The Balaban J connectivity index is 1.82. The van der Waals surface area contributed by atoms with Crippen molar-refractivity contribution in [3.63, 3.8) is 0 Å². The third kappa shape index (κ3) is 2.80. The van der Waals surface area contributed by atoms with Crippen LogP contribution in [0.25, 0.3) is 5.65 Å². The van der Waals surface area contributed by atoms with Crippen molar-refractivity contribution in [1.29, 1.82) is 0 Å². The monoisotopic (exact) mass is 303 g/mol. The molecular formula is C14H10ClN3O3. The van der Waals surface area contributed by atoms with Gasteiger partial charge in [0.2, 0.25) is 0 Å². The Bertz CT molecular complexity index is 816. The molecule has 7 heteroatoms. The van der Waals surface area contributed by atoms with Gasteiger partial charge in [0.15, 0.2) is 5.75 Å². The van der Waals surface area contributed by atoms with Crippen LogP contribution in [0.2, 0.25) is 5.02 Å². The molecule has 0 atom stereocenters. The van der Waals surface area contributed by atoms with Gasteiger partial charge in [0.25, 0.3) is 0 Å². The summed E-state index contributed by atoms with van der Waals surface area (Å²) in [6.45, 7) is 0.143. The second-order valence-corrected chi connectivity index (χ2v) is 4.79. The van der Waals surface area contributed by atoms with E-state index in [0.717, 1.165) is 5.65 Å². The minimum absolute atomic E-state index is 0.0655. The molecule has 2 aromatic heterocycles. The smallest absolute Gasteiger partial charge is 0.310 e. The lowest BCUT2D eigenvalue weighted by Gasteiger charge is -2.04. The molecule has 0 fully saturated rings. The van der Waals surface area contributed by atoms with Crippen LogP contribution >= 0.6 is 11.6 Å². The summed E-state index contributed by atoms with van der Waals surface area (Å²) in [6, 6.07) is 9.78. The molecule has 0 N–H and O–H groups in total. The Hall–Kier alpha value is -2.60. The molecule has 0 saturated heterocycles. The average molecular weight is 304 g/mol. The van der Waals surface area contributed by atoms with Crippen molar-refractivity contribution in [1.82, 2.24) is 9.38 Å². The van der Waals surface area contributed by atoms with E-state index in [1.165, 1.54) is 6.07 Å². The highest BCUT2D eigenvalue weighted by atomic mass is 35.5. The van der Waals surface area contributed by atoms with E-state index < -0.39 is 4.92 Å². The summed E-state index contributed by atoms with van der Waals surface area (Å²) in [4.78, 5) is 14.8. The van der Waals surface area contributed by atoms with Crippen LogP contribution in [0.4, 0.5) is 5.69 Å². The van der Waals surface area contributed by atoms with Gasteiger partial charge in [-0.05, 0) is 18.2 Å². The number of halogens is 1. The zero-order valence-electron chi connectivity index (χ0n) is 10.8. The van der Waals surface area contributed by atoms with Gasteiger partial charge in [0.05, 0.1) is 15.6 Å². The van der Waals surface area contributed by atoms with Crippen molar-refractivity contribution < 1.29 is 9.66 Å². The molecule has 3 rings (SSSR count). The zero-order chi connectivity index (χ0) is 14.8. The van der Waals surface area contributed by atoms with Gasteiger partial charge in [-0.3, -0.25) is 10.1 Å². The Labute approximate surface area is 124 Å². The highest BCUT2D eigenvalue weighted by molar-refractivity contribution is 6.30. The number of nitro benzene ring substituents is 1. The SMILES string of the molecule is O=[N+]([O-])c1ccccc1OCc1cn2cc(Cl)ccc2n1. The molecular weight excluding hydrogens is 294 g/mol. The highest BCUT2D eigenvalue weighted by Gasteiger charge is 2.14. The quantitative estimate of drug-likeness (QED) is 0.546. The number of pyridine rings is 1. The first-order valence-corrected chi connectivity index (χ1v) is 6.50. The molecule has 0 bridgehead atoms. The second-order valence-electron chi connectivity index (χ2n) is 4.36. The lowest BCUT2D eigenvalue weighted by atomic mass is 10.3. The van der Waals surface area contributed by atoms with Crippen LogP contribution in [0.15, 0.2) is 48.8 Å². The summed E-state index contributed by atoms with van der Waals surface area (Å²) in [5, 5.41) is 11.5. The maximum absolute atomic E-state index is 10.9. The van der Waals surface area contributed by atoms with Gasteiger partial charge in [-0.15, -0.1) is 0 Å². The van der Waals surface area contributed by atoms with Crippen molar-refractivity contribution in [2.75, 3.05) is 0 Å². The van der Waals surface area contributed by atoms with Crippen LogP contribution in [0.3, 0.4) is 0 Å². The largest absolute Gasteiger partial charge is 0.480 e. The lowest BCUT2D eigenvalue weighted by molar-refractivity contribution is -0.385. The molecule has 0 saturated carbocycles. The Morgan fingerprint density at radius 1 is 1.24 bits per heavy atom. The van der Waals surface area contributed by atoms with Crippen molar-refractivity contribution in [3.05, 3.63) is 69.6 Å². The molecule has 0 amide bonds. The average Bonchev–Trinajstić information content (AvgIpc) is 2.87. The number of hydrogen-bond donors (Lipinski definition) is 0. The molecule has 0 radical (unpaired) electrons. The van der Waals surface area contributed by atoms with Gasteiger partial charge in [0, 0.05) is 18.5 Å². The first-order valence-electron chi connectivity index (χ1n) is 6.13. The van der Waals surface area contributed by atoms with Gasteiger partial charge < -0.3 is 9.14 Å². The van der Waals surface area contributed by atoms with E-state index in [1.54, 1.807) is 47.1 Å². The molecule has 6 nitrogen and oxygen atoms in total. The first-order chi connectivity index (χ1) is 10.1. The van der Waals surface area contributed by atoms with Crippen LogP contribution in [0, 0.1) is 10.1 Å². The Kier molecular flexibility index (Phi) is 3.45. The van der Waals surface area contributed by atoms with E-state index in [1.807, 2.05) is 0 Å². The summed E-state index contributed by atoms with van der Waals surface area (Å²) < 4.78 is 7.27. The molecule has 1 aromatic carbocycles. The number of imidazole rings is 1. The minimum atomic E-state index is -0.473. The Morgan fingerprint density at radius 3 is 2.86 bits per heavy atom. The van der Waals surface area contributed by atoms with E-state index in [-0.39, 0.29) is 18.0 Å². The Morgan fingerprint density at radius 2 is 2.05 bits per heavy atom. The number of rotatable bonds is 4. The van der Waals surface area contributed by atoms with Gasteiger partial charge >= 0.3 is 5.69 Å². The van der Waals surface area contributed by atoms with Crippen LogP contribution in [-0.4, -0.2) is 14.3 Å². The maximum atomic E-state index is 10.9. The molecule has 106 valence electrons. The fourth-order valence-corrected chi connectivity index (χ4v) is 2.14. The molecule has 0 aliphatic rings. The van der Waals surface area contributed by atoms with Gasteiger partial charge in [0.1, 0.15) is 12.3 Å². The van der Waals surface area contributed by atoms with Crippen molar-refractivity contribution in [3.8, 4) is 5.75 Å². The number of fused-ring (bicyclic) bond motifs is 1. The summed E-state index contributed by atoms with van der Waals surface area (Å²) in [5.74, 6) is 0.220. The molecule has 3 aromatic rings. The standard InChI is InChI=1S/C14H10ClN3O3/c15-10-5-6-14-16-11(8-17(14)7-10)9-21-13-4-2-1-3-12(13)18(19)20/h1-8H,9H2. The molecule has 0 aliphatic carbocycles. The predicted octanol–water partition coefficient (Wildman–Crippen LogP) is 3.47. The zero-order valence-corrected chi connectivity index (χ0v) is 11.5. The van der Waals surface area contributed by atoms with Crippen LogP contribution in [0.1, 0.15) is 5.69 Å². The first kappa shape index (κ1) is 13.4. The van der Waals surface area contributed by atoms with E-state index in [4.69, 9.17) is 16.3 Å². The molecule has 2 heterocycles. The van der Waals surface area contributed by atoms with E-state index >= 15 is 0 Å². The molecule has 0 aliphatic heterocycles.